The lowest BCUT2D eigenvalue weighted by molar-refractivity contribution is -0.150. The lowest BCUT2D eigenvalue weighted by Crippen LogP contribution is -2.45. The van der Waals surface area contributed by atoms with Gasteiger partial charge in [0.25, 0.3) is 0 Å². The Balaban J connectivity index is 1.21. The largest absolute Gasteiger partial charge is 0.494 e. The molecule has 2 aromatic rings. The van der Waals surface area contributed by atoms with Crippen LogP contribution < -0.4 is 19.5 Å². The highest BCUT2D eigenvalue weighted by molar-refractivity contribution is 5.45. The van der Waals surface area contributed by atoms with E-state index < -0.39 is 0 Å². The van der Waals surface area contributed by atoms with Gasteiger partial charge in [0, 0.05) is 24.8 Å². The van der Waals surface area contributed by atoms with Crippen molar-refractivity contribution in [1.82, 2.24) is 0 Å². The summed E-state index contributed by atoms with van der Waals surface area (Å²) < 4.78 is 28.2. The van der Waals surface area contributed by atoms with E-state index in [9.17, 15) is 0 Å². The van der Waals surface area contributed by atoms with Gasteiger partial charge in [0.1, 0.15) is 17.2 Å². The molecule has 0 spiro atoms. The van der Waals surface area contributed by atoms with Crippen molar-refractivity contribution in [3.05, 3.63) is 48.5 Å². The number of nitrogens with one attached hydrogen (secondary N) is 1. The zero-order valence-electron chi connectivity index (χ0n) is 18.7. The van der Waals surface area contributed by atoms with Crippen LogP contribution in [0.15, 0.2) is 48.5 Å². The number of benzene rings is 2. The second-order valence-corrected chi connectivity index (χ2v) is 7.96. The van der Waals surface area contributed by atoms with Gasteiger partial charge in [-0.25, -0.2) is 0 Å². The molecule has 0 aliphatic carbocycles. The molecule has 170 valence electrons. The van der Waals surface area contributed by atoms with Crippen molar-refractivity contribution in [2.45, 2.75) is 32.6 Å². The first-order valence-electron chi connectivity index (χ1n) is 11.1. The van der Waals surface area contributed by atoms with Crippen LogP contribution in [-0.2, 0) is 9.47 Å². The molecule has 0 atom stereocenters. The van der Waals surface area contributed by atoms with Crippen molar-refractivity contribution >= 4 is 5.69 Å². The summed E-state index contributed by atoms with van der Waals surface area (Å²) in [6.45, 7) is 6.40. The van der Waals surface area contributed by atoms with E-state index in [1.807, 2.05) is 55.6 Å². The summed E-state index contributed by atoms with van der Waals surface area (Å²) in [5.74, 6) is 2.37. The van der Waals surface area contributed by atoms with Crippen LogP contribution in [0.25, 0.3) is 0 Å². The third-order valence-electron chi connectivity index (χ3n) is 5.59. The molecule has 0 saturated carbocycles. The molecule has 0 radical (unpaired) electrons. The summed E-state index contributed by atoms with van der Waals surface area (Å²) in [6.07, 6.45) is 4.31. The topological polar surface area (TPSA) is 58.2 Å². The van der Waals surface area contributed by atoms with Crippen molar-refractivity contribution in [3.8, 4) is 17.2 Å². The van der Waals surface area contributed by atoms with Crippen LogP contribution in [0.3, 0.4) is 0 Å². The van der Waals surface area contributed by atoms with E-state index in [0.717, 1.165) is 75.0 Å². The van der Waals surface area contributed by atoms with Crippen LogP contribution in [0.2, 0.25) is 0 Å². The third kappa shape index (κ3) is 7.64. The second kappa shape index (κ2) is 12.4. The van der Waals surface area contributed by atoms with E-state index in [1.165, 1.54) is 0 Å². The first-order valence-corrected chi connectivity index (χ1v) is 11.1. The molecule has 31 heavy (non-hydrogen) atoms. The quantitative estimate of drug-likeness (QED) is 0.313. The molecule has 0 bridgehead atoms. The van der Waals surface area contributed by atoms with E-state index in [-0.39, 0.29) is 12.2 Å². The summed E-state index contributed by atoms with van der Waals surface area (Å²) in [5, 5.41) is 3.07. The smallest absolute Gasteiger partial charge is 0.230 e. The van der Waals surface area contributed by atoms with E-state index in [4.69, 9.17) is 23.7 Å². The standard InChI is InChI=1S/C25H35NO5/c1-3-25(18-28-19-25)17-27-15-5-4-6-16-29-22-11-13-24(14-12-22)31-20-30-23-9-7-21(26-2)8-10-23/h7-14,26H,3-6,15-20H2,1-2H3. The van der Waals surface area contributed by atoms with Crippen molar-refractivity contribution in [1.29, 1.82) is 0 Å². The van der Waals surface area contributed by atoms with Gasteiger partial charge in [-0.15, -0.1) is 0 Å². The monoisotopic (exact) mass is 429 g/mol. The number of ether oxygens (including phenoxy) is 5. The Labute approximate surface area is 185 Å². The van der Waals surface area contributed by atoms with Gasteiger partial charge in [-0.1, -0.05) is 6.92 Å². The zero-order valence-corrected chi connectivity index (χ0v) is 18.7. The van der Waals surface area contributed by atoms with Gasteiger partial charge in [-0.05, 0) is 74.2 Å². The minimum absolute atomic E-state index is 0.160. The number of rotatable bonds is 15. The Kier molecular flexibility index (Phi) is 9.31. The van der Waals surface area contributed by atoms with E-state index >= 15 is 0 Å². The fraction of sp³-hybridized carbons (Fsp3) is 0.520. The highest BCUT2D eigenvalue weighted by Crippen LogP contribution is 2.31. The number of hydrogen-bond donors (Lipinski definition) is 1. The predicted molar refractivity (Wildman–Crippen MR) is 122 cm³/mol. The molecule has 1 heterocycles. The molecule has 2 aromatic carbocycles. The molecule has 1 fully saturated rings. The van der Waals surface area contributed by atoms with Crippen LogP contribution in [0.4, 0.5) is 5.69 Å². The first kappa shape index (κ1) is 23.2. The molecule has 1 saturated heterocycles. The van der Waals surface area contributed by atoms with Gasteiger partial charge in [-0.3, -0.25) is 0 Å². The van der Waals surface area contributed by atoms with Crippen molar-refractivity contribution in [2.24, 2.45) is 5.41 Å². The first-order chi connectivity index (χ1) is 15.2. The van der Waals surface area contributed by atoms with Gasteiger partial charge in [0.15, 0.2) is 0 Å². The van der Waals surface area contributed by atoms with Crippen molar-refractivity contribution < 1.29 is 23.7 Å². The third-order valence-corrected chi connectivity index (χ3v) is 5.59. The summed E-state index contributed by atoms with van der Waals surface area (Å²) in [7, 11) is 1.89. The summed E-state index contributed by atoms with van der Waals surface area (Å²) >= 11 is 0. The summed E-state index contributed by atoms with van der Waals surface area (Å²) in [6, 6.07) is 15.4. The molecule has 0 aromatic heterocycles. The minimum Gasteiger partial charge on any atom is -0.494 e. The minimum atomic E-state index is 0.160. The Bertz CT molecular complexity index is 738. The molecule has 6 nitrogen and oxygen atoms in total. The average molecular weight is 430 g/mol. The lowest BCUT2D eigenvalue weighted by Gasteiger charge is -2.40. The molecule has 3 rings (SSSR count). The van der Waals surface area contributed by atoms with Gasteiger partial charge in [0.2, 0.25) is 6.79 Å². The highest BCUT2D eigenvalue weighted by Gasteiger charge is 2.36. The molecule has 0 unspecified atom stereocenters. The molecule has 6 heteroatoms. The van der Waals surface area contributed by atoms with Gasteiger partial charge in [-0.2, -0.15) is 0 Å². The maximum Gasteiger partial charge on any atom is 0.230 e. The molecule has 1 aliphatic rings. The van der Waals surface area contributed by atoms with Crippen LogP contribution in [0.5, 0.6) is 17.2 Å². The Hall–Kier alpha value is -2.44. The zero-order chi connectivity index (χ0) is 21.8. The van der Waals surface area contributed by atoms with Crippen LogP contribution in [0, 0.1) is 5.41 Å². The maximum atomic E-state index is 5.83. The lowest BCUT2D eigenvalue weighted by atomic mass is 9.84. The fourth-order valence-corrected chi connectivity index (χ4v) is 3.26. The van der Waals surface area contributed by atoms with E-state index in [1.54, 1.807) is 0 Å². The molecule has 1 aliphatic heterocycles. The maximum absolute atomic E-state index is 5.83. The second-order valence-electron chi connectivity index (χ2n) is 7.96. The normalized spacial score (nSPS) is 14.5. The van der Waals surface area contributed by atoms with Crippen molar-refractivity contribution in [2.75, 3.05) is 52.2 Å². The molecule has 0 amide bonds. The Morgan fingerprint density at radius 2 is 1.39 bits per heavy atom. The molecular formula is C25H35NO5. The molecule has 1 N–H and O–H groups in total. The fourth-order valence-electron chi connectivity index (χ4n) is 3.26. The van der Waals surface area contributed by atoms with Crippen LogP contribution in [-0.4, -0.2) is 46.9 Å². The highest BCUT2D eigenvalue weighted by atomic mass is 16.7. The Morgan fingerprint density at radius 3 is 1.94 bits per heavy atom. The number of hydrogen-bond acceptors (Lipinski definition) is 6. The van der Waals surface area contributed by atoms with Gasteiger partial charge >= 0.3 is 0 Å². The average Bonchev–Trinajstić information content (AvgIpc) is 2.78. The Morgan fingerprint density at radius 1 is 0.806 bits per heavy atom. The molecular weight excluding hydrogens is 394 g/mol. The van der Waals surface area contributed by atoms with Gasteiger partial charge < -0.3 is 29.0 Å². The van der Waals surface area contributed by atoms with Crippen LogP contribution >= 0.6 is 0 Å². The SMILES string of the molecule is CCC1(COCCCCCOc2ccc(OCOc3ccc(NC)cc3)cc2)COC1. The predicted octanol–water partition coefficient (Wildman–Crippen LogP) is 5.14. The van der Waals surface area contributed by atoms with Gasteiger partial charge in [0.05, 0.1) is 26.4 Å². The summed E-state index contributed by atoms with van der Waals surface area (Å²) in [5.41, 5.74) is 1.32. The summed E-state index contributed by atoms with van der Waals surface area (Å²) in [4.78, 5) is 0. The van der Waals surface area contributed by atoms with E-state index in [0.29, 0.717) is 6.61 Å². The van der Waals surface area contributed by atoms with E-state index in [2.05, 4.69) is 12.2 Å². The number of unbranched alkanes of at least 4 members (excludes halogenated alkanes) is 2. The number of anilines is 1. The van der Waals surface area contributed by atoms with Crippen molar-refractivity contribution in [3.63, 3.8) is 0 Å². The van der Waals surface area contributed by atoms with Crippen LogP contribution in [0.1, 0.15) is 32.6 Å².